The summed E-state index contributed by atoms with van der Waals surface area (Å²) in [7, 11) is 1.58. The smallest absolute Gasteiger partial charge is 0.234 e. The van der Waals surface area contributed by atoms with Gasteiger partial charge in [-0.3, -0.25) is 4.79 Å². The van der Waals surface area contributed by atoms with Crippen molar-refractivity contribution in [3.05, 3.63) is 53.9 Å². The average molecular weight is 393 g/mol. The van der Waals surface area contributed by atoms with Crippen LogP contribution in [-0.2, 0) is 4.79 Å². The van der Waals surface area contributed by atoms with E-state index in [0.29, 0.717) is 22.2 Å². The number of aryl methyl sites for hydroxylation is 2. The van der Waals surface area contributed by atoms with Crippen molar-refractivity contribution in [2.75, 3.05) is 18.2 Å². The molecule has 0 bridgehead atoms. The van der Waals surface area contributed by atoms with Crippen LogP contribution in [0.5, 0.6) is 5.75 Å². The number of fused-ring (bicyclic) bond motifs is 3. The minimum absolute atomic E-state index is 0.165. The van der Waals surface area contributed by atoms with E-state index < -0.39 is 0 Å². The standard InChI is InChI=1S/C21H19N3O3S/c1-12-8-13(2)23-21(22-12)28-11-20(25)24-16-10-18-15(9-19(16)26-3)14-6-4-5-7-17(14)27-18/h4-10H,11H2,1-3H3,(H,24,25). The van der Waals surface area contributed by atoms with Gasteiger partial charge in [0.2, 0.25) is 5.91 Å². The average Bonchev–Trinajstić information content (AvgIpc) is 3.02. The fourth-order valence-electron chi connectivity index (χ4n) is 3.09. The number of thioether (sulfide) groups is 1. The molecule has 0 saturated carbocycles. The summed E-state index contributed by atoms with van der Waals surface area (Å²) in [5.41, 5.74) is 3.83. The number of hydrogen-bond acceptors (Lipinski definition) is 6. The molecule has 4 aromatic rings. The lowest BCUT2D eigenvalue weighted by Crippen LogP contribution is -2.15. The molecule has 1 amide bonds. The van der Waals surface area contributed by atoms with Crippen molar-refractivity contribution in [1.29, 1.82) is 0 Å². The van der Waals surface area contributed by atoms with Crippen molar-refractivity contribution in [1.82, 2.24) is 9.97 Å². The molecule has 2 aromatic heterocycles. The van der Waals surface area contributed by atoms with Gasteiger partial charge in [-0.15, -0.1) is 0 Å². The van der Waals surface area contributed by atoms with Crippen LogP contribution < -0.4 is 10.1 Å². The summed E-state index contributed by atoms with van der Waals surface area (Å²) < 4.78 is 11.4. The minimum atomic E-state index is -0.165. The van der Waals surface area contributed by atoms with Crippen molar-refractivity contribution in [2.24, 2.45) is 0 Å². The van der Waals surface area contributed by atoms with Gasteiger partial charge in [0.15, 0.2) is 5.16 Å². The Kier molecular flexibility index (Phi) is 4.92. The van der Waals surface area contributed by atoms with Crippen LogP contribution >= 0.6 is 11.8 Å². The second-order valence-corrected chi connectivity index (χ2v) is 7.36. The zero-order chi connectivity index (χ0) is 19.7. The first-order valence-electron chi connectivity index (χ1n) is 8.77. The number of benzene rings is 2. The molecule has 0 aliphatic heterocycles. The summed E-state index contributed by atoms with van der Waals surface area (Å²) in [6.07, 6.45) is 0. The summed E-state index contributed by atoms with van der Waals surface area (Å²) in [4.78, 5) is 21.1. The highest BCUT2D eigenvalue weighted by Gasteiger charge is 2.14. The molecule has 2 aromatic carbocycles. The number of methoxy groups -OCH3 is 1. The molecule has 0 saturated heterocycles. The quantitative estimate of drug-likeness (QED) is 0.390. The van der Waals surface area contributed by atoms with Crippen LogP contribution in [0.1, 0.15) is 11.4 Å². The first kappa shape index (κ1) is 18.3. The number of para-hydroxylation sites is 1. The third-order valence-corrected chi connectivity index (χ3v) is 5.11. The summed E-state index contributed by atoms with van der Waals surface area (Å²) in [6.45, 7) is 3.82. The topological polar surface area (TPSA) is 77.2 Å². The number of hydrogen-bond donors (Lipinski definition) is 1. The molecular formula is C21H19N3O3S. The molecule has 0 aliphatic carbocycles. The van der Waals surface area contributed by atoms with E-state index in [1.54, 1.807) is 13.2 Å². The molecule has 28 heavy (non-hydrogen) atoms. The Morgan fingerprint density at radius 2 is 1.82 bits per heavy atom. The number of rotatable bonds is 5. The van der Waals surface area contributed by atoms with Gasteiger partial charge in [-0.25, -0.2) is 9.97 Å². The molecule has 0 spiro atoms. The third kappa shape index (κ3) is 3.66. The van der Waals surface area contributed by atoms with Crippen LogP contribution in [0.25, 0.3) is 21.9 Å². The number of amides is 1. The van der Waals surface area contributed by atoms with E-state index in [9.17, 15) is 4.79 Å². The first-order valence-corrected chi connectivity index (χ1v) is 9.76. The summed E-state index contributed by atoms with van der Waals surface area (Å²) in [6, 6.07) is 13.4. The number of carbonyl (C=O) groups excluding carboxylic acids is 1. The maximum Gasteiger partial charge on any atom is 0.234 e. The van der Waals surface area contributed by atoms with Crippen molar-refractivity contribution in [3.63, 3.8) is 0 Å². The van der Waals surface area contributed by atoms with Crippen LogP contribution in [0.4, 0.5) is 5.69 Å². The first-order chi connectivity index (χ1) is 13.5. The normalized spacial score (nSPS) is 11.1. The highest BCUT2D eigenvalue weighted by Crippen LogP contribution is 2.36. The Morgan fingerprint density at radius 1 is 1.07 bits per heavy atom. The van der Waals surface area contributed by atoms with E-state index in [0.717, 1.165) is 27.7 Å². The van der Waals surface area contributed by atoms with Crippen LogP contribution in [0.15, 0.2) is 52.0 Å². The van der Waals surface area contributed by atoms with E-state index in [1.165, 1.54) is 11.8 Å². The summed E-state index contributed by atoms with van der Waals surface area (Å²) >= 11 is 1.30. The van der Waals surface area contributed by atoms with Crippen molar-refractivity contribution in [2.45, 2.75) is 19.0 Å². The summed E-state index contributed by atoms with van der Waals surface area (Å²) in [5, 5.41) is 5.45. The predicted molar refractivity (Wildman–Crippen MR) is 111 cm³/mol. The van der Waals surface area contributed by atoms with Crippen LogP contribution in [0.2, 0.25) is 0 Å². The Balaban J connectivity index is 1.56. The highest BCUT2D eigenvalue weighted by atomic mass is 32.2. The molecule has 6 nitrogen and oxygen atoms in total. The number of nitrogens with one attached hydrogen (secondary N) is 1. The number of aromatic nitrogens is 2. The van der Waals surface area contributed by atoms with Gasteiger partial charge in [-0.2, -0.15) is 0 Å². The Labute approximate surface area is 166 Å². The molecule has 4 rings (SSSR count). The Morgan fingerprint density at radius 3 is 2.57 bits per heavy atom. The number of carbonyl (C=O) groups is 1. The lowest BCUT2D eigenvalue weighted by atomic mass is 10.1. The Hall–Kier alpha value is -3.06. The molecule has 1 N–H and O–H groups in total. The van der Waals surface area contributed by atoms with E-state index in [2.05, 4.69) is 15.3 Å². The lowest BCUT2D eigenvalue weighted by molar-refractivity contribution is -0.113. The fraction of sp³-hybridized carbons (Fsp3) is 0.190. The van der Waals surface area contributed by atoms with Gasteiger partial charge in [0.1, 0.15) is 16.9 Å². The van der Waals surface area contributed by atoms with E-state index in [1.807, 2.05) is 50.2 Å². The summed E-state index contributed by atoms with van der Waals surface area (Å²) in [5.74, 6) is 0.617. The van der Waals surface area contributed by atoms with E-state index in [-0.39, 0.29) is 11.7 Å². The maximum atomic E-state index is 12.5. The van der Waals surface area contributed by atoms with E-state index in [4.69, 9.17) is 9.15 Å². The van der Waals surface area contributed by atoms with Gasteiger partial charge in [-0.05, 0) is 32.0 Å². The number of anilines is 1. The molecule has 0 unspecified atom stereocenters. The highest BCUT2D eigenvalue weighted by molar-refractivity contribution is 7.99. The zero-order valence-electron chi connectivity index (χ0n) is 15.8. The van der Waals surface area contributed by atoms with Gasteiger partial charge >= 0.3 is 0 Å². The molecule has 0 fully saturated rings. The number of ether oxygens (including phenoxy) is 1. The largest absolute Gasteiger partial charge is 0.495 e. The van der Waals surface area contributed by atoms with Crippen molar-refractivity contribution >= 4 is 45.3 Å². The molecule has 7 heteroatoms. The molecular weight excluding hydrogens is 374 g/mol. The number of furan rings is 1. The van der Waals surface area contributed by atoms with Gasteiger partial charge in [-0.1, -0.05) is 30.0 Å². The van der Waals surface area contributed by atoms with Crippen LogP contribution in [-0.4, -0.2) is 28.7 Å². The fourth-order valence-corrected chi connectivity index (χ4v) is 3.84. The van der Waals surface area contributed by atoms with Gasteiger partial charge in [0, 0.05) is 28.2 Å². The van der Waals surface area contributed by atoms with Crippen LogP contribution in [0, 0.1) is 13.8 Å². The predicted octanol–water partition coefficient (Wildman–Crippen LogP) is 4.73. The third-order valence-electron chi connectivity index (χ3n) is 4.27. The Bertz CT molecular complexity index is 1170. The molecule has 2 heterocycles. The van der Waals surface area contributed by atoms with Crippen molar-refractivity contribution < 1.29 is 13.9 Å². The second kappa shape index (κ2) is 7.52. The van der Waals surface area contributed by atoms with Gasteiger partial charge < -0.3 is 14.5 Å². The zero-order valence-corrected chi connectivity index (χ0v) is 16.6. The SMILES string of the molecule is COc1cc2c(cc1NC(=O)CSc1nc(C)cc(C)n1)oc1ccccc12. The minimum Gasteiger partial charge on any atom is -0.495 e. The van der Waals surface area contributed by atoms with Gasteiger partial charge in [0.05, 0.1) is 18.6 Å². The molecule has 0 aliphatic rings. The van der Waals surface area contributed by atoms with Crippen molar-refractivity contribution in [3.8, 4) is 5.75 Å². The molecule has 0 radical (unpaired) electrons. The van der Waals surface area contributed by atoms with E-state index >= 15 is 0 Å². The van der Waals surface area contributed by atoms with Gasteiger partial charge in [0.25, 0.3) is 0 Å². The lowest BCUT2D eigenvalue weighted by Gasteiger charge is -2.10. The maximum absolute atomic E-state index is 12.5. The number of nitrogens with zero attached hydrogens (tertiary/aromatic N) is 2. The monoisotopic (exact) mass is 393 g/mol. The molecule has 142 valence electrons. The second-order valence-electron chi connectivity index (χ2n) is 6.42. The van der Waals surface area contributed by atoms with Crippen LogP contribution in [0.3, 0.4) is 0 Å². The molecule has 0 atom stereocenters.